The predicted octanol–water partition coefficient (Wildman–Crippen LogP) is 2.22. The monoisotopic (exact) mass is 268 g/mol. The van der Waals surface area contributed by atoms with Crippen molar-refractivity contribution in [2.24, 2.45) is 0 Å². The molecule has 0 bridgehead atoms. The molecule has 0 radical (unpaired) electrons. The maximum atomic E-state index is 12.2. The van der Waals surface area contributed by atoms with E-state index in [0.717, 1.165) is 5.39 Å². The van der Waals surface area contributed by atoms with Crippen LogP contribution in [0, 0.1) is 0 Å². The Morgan fingerprint density at radius 1 is 1.30 bits per heavy atom. The second kappa shape index (κ2) is 5.00. The van der Waals surface area contributed by atoms with Gasteiger partial charge in [-0.15, -0.1) is 0 Å². The van der Waals surface area contributed by atoms with Crippen molar-refractivity contribution in [1.29, 1.82) is 0 Å². The number of nitrogens with zero attached hydrogens (tertiary/aromatic N) is 2. The zero-order valence-electron chi connectivity index (χ0n) is 10.8. The molecule has 1 aromatic carbocycles. The Morgan fingerprint density at radius 2 is 2.20 bits per heavy atom. The molecular weight excluding hydrogens is 256 g/mol. The van der Waals surface area contributed by atoms with E-state index in [1.807, 2.05) is 6.07 Å². The summed E-state index contributed by atoms with van der Waals surface area (Å²) in [6.45, 7) is 0. The SMILES string of the molecule is COc1cccc(C(=O)Nc2[nH]nc3ncccc23)c1. The van der Waals surface area contributed by atoms with Crippen molar-refractivity contribution in [3.8, 4) is 5.75 Å². The molecule has 20 heavy (non-hydrogen) atoms. The number of hydrogen-bond donors (Lipinski definition) is 2. The predicted molar refractivity (Wildman–Crippen MR) is 74.8 cm³/mol. The fourth-order valence-electron chi connectivity index (χ4n) is 1.90. The molecule has 0 saturated carbocycles. The van der Waals surface area contributed by atoms with E-state index in [2.05, 4.69) is 20.5 Å². The van der Waals surface area contributed by atoms with Gasteiger partial charge in [-0.3, -0.25) is 9.89 Å². The molecule has 3 aromatic rings. The molecule has 0 unspecified atom stereocenters. The number of ether oxygens (including phenoxy) is 1. The summed E-state index contributed by atoms with van der Waals surface area (Å²) in [6.07, 6.45) is 1.65. The second-order valence-electron chi connectivity index (χ2n) is 4.16. The van der Waals surface area contributed by atoms with Crippen LogP contribution in [0.1, 0.15) is 10.4 Å². The number of aromatic nitrogens is 3. The third kappa shape index (κ3) is 2.18. The van der Waals surface area contributed by atoms with Gasteiger partial charge in [0.2, 0.25) is 0 Å². The number of nitrogens with one attached hydrogen (secondary N) is 2. The van der Waals surface area contributed by atoms with Crippen LogP contribution in [0.4, 0.5) is 5.82 Å². The molecule has 2 heterocycles. The molecule has 2 aromatic heterocycles. The lowest BCUT2D eigenvalue weighted by Crippen LogP contribution is -2.12. The number of pyridine rings is 1. The van der Waals surface area contributed by atoms with Crippen molar-refractivity contribution >= 4 is 22.8 Å². The summed E-state index contributed by atoms with van der Waals surface area (Å²) in [5.41, 5.74) is 1.07. The van der Waals surface area contributed by atoms with Crippen LogP contribution in [0.3, 0.4) is 0 Å². The second-order valence-corrected chi connectivity index (χ2v) is 4.16. The highest BCUT2D eigenvalue weighted by Gasteiger charge is 2.11. The Hall–Kier alpha value is -2.89. The first kappa shape index (κ1) is 12.2. The van der Waals surface area contributed by atoms with Gasteiger partial charge in [-0.05, 0) is 30.3 Å². The average Bonchev–Trinajstić information content (AvgIpc) is 2.90. The number of rotatable bonds is 3. The molecule has 3 rings (SSSR count). The number of methoxy groups -OCH3 is 1. The summed E-state index contributed by atoms with van der Waals surface area (Å²) in [5, 5.41) is 10.3. The van der Waals surface area contributed by atoms with Crippen molar-refractivity contribution < 1.29 is 9.53 Å². The number of hydrogen-bond acceptors (Lipinski definition) is 4. The lowest BCUT2D eigenvalue weighted by Gasteiger charge is -2.05. The van der Waals surface area contributed by atoms with Crippen molar-refractivity contribution in [1.82, 2.24) is 15.2 Å². The fraction of sp³-hybridized carbons (Fsp3) is 0.0714. The molecule has 0 aliphatic heterocycles. The van der Waals surface area contributed by atoms with E-state index in [1.165, 1.54) is 0 Å². The zero-order chi connectivity index (χ0) is 13.9. The van der Waals surface area contributed by atoms with Crippen LogP contribution in [0.2, 0.25) is 0 Å². The normalized spacial score (nSPS) is 10.4. The fourth-order valence-corrected chi connectivity index (χ4v) is 1.90. The molecule has 0 spiro atoms. The first-order chi connectivity index (χ1) is 9.78. The Balaban J connectivity index is 1.88. The summed E-state index contributed by atoms with van der Waals surface area (Å²) >= 11 is 0. The Morgan fingerprint density at radius 3 is 3.05 bits per heavy atom. The number of aromatic amines is 1. The molecule has 0 fully saturated rings. The van der Waals surface area contributed by atoms with Gasteiger partial charge >= 0.3 is 0 Å². The highest BCUT2D eigenvalue weighted by Crippen LogP contribution is 2.19. The van der Waals surface area contributed by atoms with Gasteiger partial charge in [0.15, 0.2) is 5.65 Å². The Labute approximate surface area is 114 Å². The summed E-state index contributed by atoms with van der Waals surface area (Å²) in [7, 11) is 1.56. The molecule has 100 valence electrons. The van der Waals surface area contributed by atoms with Crippen LogP contribution >= 0.6 is 0 Å². The van der Waals surface area contributed by atoms with E-state index in [4.69, 9.17) is 4.74 Å². The van der Waals surface area contributed by atoms with Crippen LogP contribution in [-0.4, -0.2) is 28.2 Å². The number of carbonyl (C=O) groups excluding carboxylic acids is 1. The van der Waals surface area contributed by atoms with Crippen molar-refractivity contribution in [2.45, 2.75) is 0 Å². The van der Waals surface area contributed by atoms with E-state index < -0.39 is 0 Å². The van der Waals surface area contributed by atoms with Gasteiger partial charge in [-0.1, -0.05) is 6.07 Å². The summed E-state index contributed by atoms with van der Waals surface area (Å²) in [5.74, 6) is 0.924. The highest BCUT2D eigenvalue weighted by molar-refractivity contribution is 6.07. The maximum absolute atomic E-state index is 12.2. The van der Waals surface area contributed by atoms with E-state index in [-0.39, 0.29) is 5.91 Å². The van der Waals surface area contributed by atoms with Gasteiger partial charge in [0.05, 0.1) is 12.5 Å². The van der Waals surface area contributed by atoms with Crippen LogP contribution in [0.5, 0.6) is 5.75 Å². The molecule has 0 saturated heterocycles. The number of benzene rings is 1. The number of amides is 1. The van der Waals surface area contributed by atoms with E-state index in [0.29, 0.717) is 22.8 Å². The summed E-state index contributed by atoms with van der Waals surface area (Å²) < 4.78 is 5.10. The van der Waals surface area contributed by atoms with Gasteiger partial charge in [0.25, 0.3) is 5.91 Å². The minimum absolute atomic E-state index is 0.238. The van der Waals surface area contributed by atoms with Crippen LogP contribution in [0.15, 0.2) is 42.6 Å². The number of fused-ring (bicyclic) bond motifs is 1. The van der Waals surface area contributed by atoms with Crippen LogP contribution in [-0.2, 0) is 0 Å². The van der Waals surface area contributed by atoms with Crippen molar-refractivity contribution in [3.63, 3.8) is 0 Å². The van der Waals surface area contributed by atoms with E-state index >= 15 is 0 Å². The van der Waals surface area contributed by atoms with E-state index in [1.54, 1.807) is 43.6 Å². The van der Waals surface area contributed by atoms with Crippen LogP contribution in [0.25, 0.3) is 11.0 Å². The first-order valence-corrected chi connectivity index (χ1v) is 6.02. The molecule has 0 aliphatic rings. The van der Waals surface area contributed by atoms with Gasteiger partial charge in [0.1, 0.15) is 11.6 Å². The standard InChI is InChI=1S/C14H12N4O2/c1-20-10-5-2-4-9(8-10)14(19)16-13-11-6-3-7-15-12(11)17-18-13/h2-8H,1H3,(H2,15,16,17,18,19). The molecule has 0 aliphatic carbocycles. The topological polar surface area (TPSA) is 79.9 Å². The number of H-pyrrole nitrogens is 1. The van der Waals surface area contributed by atoms with Crippen LogP contribution < -0.4 is 10.1 Å². The van der Waals surface area contributed by atoms with Gasteiger partial charge < -0.3 is 10.1 Å². The minimum Gasteiger partial charge on any atom is -0.497 e. The largest absolute Gasteiger partial charge is 0.497 e. The smallest absolute Gasteiger partial charge is 0.256 e. The molecule has 2 N–H and O–H groups in total. The maximum Gasteiger partial charge on any atom is 0.256 e. The quantitative estimate of drug-likeness (QED) is 0.763. The number of anilines is 1. The lowest BCUT2D eigenvalue weighted by atomic mass is 10.2. The number of carbonyl (C=O) groups is 1. The van der Waals surface area contributed by atoms with E-state index in [9.17, 15) is 4.79 Å². The summed E-state index contributed by atoms with van der Waals surface area (Å²) in [4.78, 5) is 16.3. The van der Waals surface area contributed by atoms with Gasteiger partial charge in [-0.25, -0.2) is 4.98 Å². The minimum atomic E-state index is -0.238. The third-order valence-corrected chi connectivity index (χ3v) is 2.90. The molecule has 6 heteroatoms. The first-order valence-electron chi connectivity index (χ1n) is 6.02. The third-order valence-electron chi connectivity index (χ3n) is 2.90. The van der Waals surface area contributed by atoms with Gasteiger partial charge in [-0.2, -0.15) is 5.10 Å². The van der Waals surface area contributed by atoms with Crippen molar-refractivity contribution in [3.05, 3.63) is 48.2 Å². The molecule has 1 amide bonds. The molecule has 0 atom stereocenters. The van der Waals surface area contributed by atoms with Gasteiger partial charge in [0, 0.05) is 11.8 Å². The molecular formula is C14H12N4O2. The average molecular weight is 268 g/mol. The summed E-state index contributed by atoms with van der Waals surface area (Å²) in [6, 6.07) is 10.6. The Kier molecular flexibility index (Phi) is 3.04. The van der Waals surface area contributed by atoms with Crippen molar-refractivity contribution in [2.75, 3.05) is 12.4 Å². The molecule has 6 nitrogen and oxygen atoms in total. The Bertz CT molecular complexity index is 766. The highest BCUT2D eigenvalue weighted by atomic mass is 16.5. The zero-order valence-corrected chi connectivity index (χ0v) is 10.8. The lowest BCUT2D eigenvalue weighted by molar-refractivity contribution is 0.102.